The largest absolute Gasteiger partial charge is 0.336 e. The van der Waals surface area contributed by atoms with Gasteiger partial charge >= 0.3 is 0 Å². The highest BCUT2D eigenvalue weighted by Gasteiger charge is 2.71. The van der Waals surface area contributed by atoms with Gasteiger partial charge in [0.05, 0.1) is 22.8 Å². The van der Waals surface area contributed by atoms with Gasteiger partial charge in [0.15, 0.2) is 0 Å². The molecule has 3 atom stereocenters. The molecule has 0 amide bonds. The highest BCUT2D eigenvalue weighted by Crippen LogP contribution is 2.67. The number of nitrogens with zero attached hydrogens (tertiary/aromatic N) is 3. The molecule has 0 saturated carbocycles. The van der Waals surface area contributed by atoms with E-state index in [1.807, 2.05) is 11.3 Å². The first-order valence-corrected chi connectivity index (χ1v) is 18.3. The first-order valence-electron chi connectivity index (χ1n) is 17.5. The van der Waals surface area contributed by atoms with Crippen LogP contribution < -0.4 is 0 Å². The van der Waals surface area contributed by atoms with Crippen LogP contribution in [-0.4, -0.2) is 21.3 Å². The van der Waals surface area contributed by atoms with Gasteiger partial charge in [0.1, 0.15) is 11.9 Å². The van der Waals surface area contributed by atoms with Gasteiger partial charge in [0.25, 0.3) is 0 Å². The average molecular weight is 662 g/mol. The predicted octanol–water partition coefficient (Wildman–Crippen LogP) is 12.0. The molecule has 2 aliphatic rings. The van der Waals surface area contributed by atoms with E-state index in [1.54, 1.807) is 0 Å². The number of aryl methyl sites for hydroxylation is 1. The minimum atomic E-state index is -0.0597. The van der Waals surface area contributed by atoms with Crippen molar-refractivity contribution in [2.24, 2.45) is 4.99 Å². The Labute approximate surface area is 296 Å². The zero-order valence-electron chi connectivity index (χ0n) is 28.0. The van der Waals surface area contributed by atoms with Crippen LogP contribution in [0.25, 0.3) is 53.5 Å². The van der Waals surface area contributed by atoms with E-state index in [4.69, 9.17) is 9.98 Å². The van der Waals surface area contributed by atoms with Crippen LogP contribution in [0.1, 0.15) is 47.7 Å². The Hall–Kier alpha value is -5.58. The topological polar surface area (TPSA) is 28.3 Å². The Morgan fingerprint density at radius 2 is 1.40 bits per heavy atom. The number of thiophene rings is 1. The van der Waals surface area contributed by atoms with Crippen LogP contribution in [0, 0.1) is 6.92 Å². The molecule has 1 fully saturated rings. The molecule has 4 heterocycles. The summed E-state index contributed by atoms with van der Waals surface area (Å²) in [6.45, 7) is 4.45. The molecule has 3 nitrogen and oxygen atoms in total. The van der Waals surface area contributed by atoms with Crippen molar-refractivity contribution in [3.8, 4) is 22.4 Å². The average Bonchev–Trinajstić information content (AvgIpc) is 3.51. The SMILES string of the molecule is CCC12C(c3ccccc3)N=C(c3ccccc3)N1C2c1ccc2c(c1)sc1ccc(-c3ccc4nc(-c5cccc(C)c5)ccc4c3)cc12. The molecule has 50 heavy (non-hydrogen) atoms. The highest BCUT2D eigenvalue weighted by atomic mass is 32.1. The minimum Gasteiger partial charge on any atom is -0.336 e. The lowest BCUT2D eigenvalue weighted by Crippen LogP contribution is -2.22. The molecule has 0 aliphatic carbocycles. The summed E-state index contributed by atoms with van der Waals surface area (Å²) in [5.41, 5.74) is 10.7. The number of pyridine rings is 1. The number of aromatic nitrogens is 1. The van der Waals surface area contributed by atoms with Gasteiger partial charge in [-0.3, -0.25) is 4.99 Å². The van der Waals surface area contributed by atoms with E-state index in [0.29, 0.717) is 0 Å². The summed E-state index contributed by atoms with van der Waals surface area (Å²) in [5, 5.41) is 3.79. The van der Waals surface area contributed by atoms with Gasteiger partial charge in [0.2, 0.25) is 0 Å². The molecule has 4 heteroatoms. The number of benzene rings is 6. The van der Waals surface area contributed by atoms with Crippen molar-refractivity contribution >= 4 is 48.2 Å². The molecule has 0 spiro atoms. The van der Waals surface area contributed by atoms with Crippen molar-refractivity contribution in [2.45, 2.75) is 37.9 Å². The van der Waals surface area contributed by atoms with Gasteiger partial charge in [-0.2, -0.15) is 0 Å². The van der Waals surface area contributed by atoms with E-state index < -0.39 is 0 Å². The number of hydrogen-bond donors (Lipinski definition) is 0. The third-order valence-electron chi connectivity index (χ3n) is 10.9. The molecule has 2 aromatic heterocycles. The van der Waals surface area contributed by atoms with E-state index in [2.05, 4.69) is 170 Å². The molecule has 2 aliphatic heterocycles. The van der Waals surface area contributed by atoms with Gasteiger partial charge in [-0.25, -0.2) is 4.98 Å². The second-order valence-corrected chi connectivity index (χ2v) is 14.9. The Morgan fingerprint density at radius 1 is 0.620 bits per heavy atom. The molecule has 10 rings (SSSR count). The van der Waals surface area contributed by atoms with E-state index >= 15 is 0 Å². The van der Waals surface area contributed by atoms with Crippen molar-refractivity contribution in [3.63, 3.8) is 0 Å². The predicted molar refractivity (Wildman–Crippen MR) is 210 cm³/mol. The van der Waals surface area contributed by atoms with Crippen LogP contribution in [0.3, 0.4) is 0 Å². The van der Waals surface area contributed by atoms with Crippen LogP contribution in [-0.2, 0) is 0 Å². The minimum absolute atomic E-state index is 0.0597. The van der Waals surface area contributed by atoms with Crippen LogP contribution in [0.5, 0.6) is 0 Å². The van der Waals surface area contributed by atoms with Gasteiger partial charge in [-0.05, 0) is 78.1 Å². The summed E-state index contributed by atoms with van der Waals surface area (Å²) in [5.74, 6) is 1.12. The molecule has 6 aromatic carbocycles. The normalized spacial score (nSPS) is 19.6. The Balaban J connectivity index is 1.01. The smallest absolute Gasteiger partial charge is 0.132 e. The summed E-state index contributed by atoms with van der Waals surface area (Å²) in [7, 11) is 0. The van der Waals surface area contributed by atoms with Crippen LogP contribution in [0.4, 0.5) is 0 Å². The second-order valence-electron chi connectivity index (χ2n) is 13.8. The van der Waals surface area contributed by atoms with Gasteiger partial charge < -0.3 is 4.90 Å². The summed E-state index contributed by atoms with van der Waals surface area (Å²) in [4.78, 5) is 13.0. The van der Waals surface area contributed by atoms with Crippen molar-refractivity contribution < 1.29 is 0 Å². The fourth-order valence-corrected chi connectivity index (χ4v) is 9.59. The fourth-order valence-electron chi connectivity index (χ4n) is 8.45. The Kier molecular flexibility index (Phi) is 6.59. The monoisotopic (exact) mass is 661 g/mol. The third-order valence-corrected chi connectivity index (χ3v) is 12.1. The third kappa shape index (κ3) is 4.48. The van der Waals surface area contributed by atoms with Gasteiger partial charge in [-0.15, -0.1) is 11.3 Å². The molecule has 0 radical (unpaired) electrons. The van der Waals surface area contributed by atoms with E-state index in [-0.39, 0.29) is 17.6 Å². The molecular weight excluding hydrogens is 627 g/mol. The maximum absolute atomic E-state index is 5.40. The Bertz CT molecular complexity index is 2620. The summed E-state index contributed by atoms with van der Waals surface area (Å²) >= 11 is 1.90. The molecule has 0 bridgehead atoms. The van der Waals surface area contributed by atoms with Crippen LogP contribution in [0.15, 0.2) is 157 Å². The fraction of sp³-hybridized carbons (Fsp3) is 0.130. The van der Waals surface area contributed by atoms with Crippen molar-refractivity contribution in [2.75, 3.05) is 0 Å². The lowest BCUT2D eigenvalue weighted by molar-refractivity contribution is 0.456. The van der Waals surface area contributed by atoms with Gasteiger partial charge in [0, 0.05) is 36.7 Å². The molecule has 240 valence electrons. The summed E-state index contributed by atoms with van der Waals surface area (Å²) < 4.78 is 2.66. The van der Waals surface area contributed by atoms with E-state index in [1.165, 1.54) is 53.6 Å². The van der Waals surface area contributed by atoms with E-state index in [0.717, 1.165) is 34.4 Å². The lowest BCUT2D eigenvalue weighted by Gasteiger charge is -2.19. The van der Waals surface area contributed by atoms with Crippen molar-refractivity contribution in [1.82, 2.24) is 9.88 Å². The first-order chi connectivity index (χ1) is 24.6. The van der Waals surface area contributed by atoms with Crippen LogP contribution >= 0.6 is 11.3 Å². The van der Waals surface area contributed by atoms with Crippen LogP contribution in [0.2, 0.25) is 0 Å². The number of fused-ring (bicyclic) bond motifs is 5. The molecular formula is C46H35N3S. The lowest BCUT2D eigenvalue weighted by atomic mass is 9.85. The zero-order chi connectivity index (χ0) is 33.4. The summed E-state index contributed by atoms with van der Waals surface area (Å²) in [6, 6.07) is 55.6. The quantitative estimate of drug-likeness (QED) is 0.166. The molecule has 0 N–H and O–H groups in total. The standard InChI is InChI=1S/C46H35N3S/c1-3-46-43(30-12-6-4-7-13-30)48-45(31-14-8-5-9-15-31)49(46)44(46)36-17-21-37-38-27-33(20-24-41(38)50-42(37)28-36)32-18-22-40-35(26-32)19-23-39(47-40)34-16-10-11-29(2)25-34/h4-28,43-44H,3H2,1-2H3. The van der Waals surface area contributed by atoms with E-state index in [9.17, 15) is 0 Å². The van der Waals surface area contributed by atoms with Gasteiger partial charge in [-0.1, -0.05) is 122 Å². The molecule has 1 saturated heterocycles. The first kappa shape index (κ1) is 29.3. The zero-order valence-corrected chi connectivity index (χ0v) is 28.9. The molecule has 3 unspecified atom stereocenters. The molecule has 8 aromatic rings. The maximum Gasteiger partial charge on any atom is 0.132 e. The summed E-state index contributed by atoms with van der Waals surface area (Å²) in [6.07, 6.45) is 1.03. The Morgan fingerprint density at radius 3 is 2.22 bits per heavy atom. The van der Waals surface area contributed by atoms with Crippen molar-refractivity contribution in [1.29, 1.82) is 0 Å². The number of rotatable bonds is 6. The maximum atomic E-state index is 5.40. The number of aliphatic imine (C=N–C) groups is 1. The second kappa shape index (κ2) is 11.2. The highest BCUT2D eigenvalue weighted by molar-refractivity contribution is 7.25. The van der Waals surface area contributed by atoms with Crippen molar-refractivity contribution in [3.05, 3.63) is 174 Å². The number of hydrogen-bond acceptors (Lipinski definition) is 4. The number of amidine groups is 1.